The zero-order chi connectivity index (χ0) is 11.3. The molecule has 0 amide bonds. The van der Waals surface area contributed by atoms with Crippen LogP contribution in [0.25, 0.3) is 0 Å². The van der Waals surface area contributed by atoms with Crippen molar-refractivity contribution < 1.29 is 0 Å². The number of nitrogens with zero attached hydrogens (tertiary/aromatic N) is 1. The summed E-state index contributed by atoms with van der Waals surface area (Å²) in [5.41, 5.74) is 0. The fourth-order valence-electron chi connectivity index (χ4n) is 1.71. The highest BCUT2D eigenvalue weighted by Crippen LogP contribution is 2.24. The second kappa shape index (κ2) is 6.69. The van der Waals surface area contributed by atoms with Crippen molar-refractivity contribution in [1.29, 1.82) is 0 Å². The first kappa shape index (κ1) is 13.2. The number of hydrogen-bond donors (Lipinski definition) is 1. The number of amidine groups is 1. The molecule has 88 valence electrons. The molecule has 0 spiro atoms. The molecule has 4 heteroatoms. The molecule has 0 aromatic carbocycles. The first-order valence-electron chi connectivity index (χ1n) is 5.65. The van der Waals surface area contributed by atoms with E-state index in [-0.39, 0.29) is 0 Å². The third kappa shape index (κ3) is 4.68. The summed E-state index contributed by atoms with van der Waals surface area (Å²) in [5, 5.41) is 5.41. The third-order valence-electron chi connectivity index (χ3n) is 2.51. The van der Waals surface area contributed by atoms with Crippen LogP contribution in [0.2, 0.25) is 0 Å². The molecule has 3 atom stereocenters. The molecule has 15 heavy (non-hydrogen) atoms. The summed E-state index contributed by atoms with van der Waals surface area (Å²) in [5.74, 6) is 1.17. The van der Waals surface area contributed by atoms with Gasteiger partial charge in [-0.15, -0.1) is 0 Å². The maximum Gasteiger partial charge on any atom is 0.157 e. The second-order valence-electron chi connectivity index (χ2n) is 4.15. The summed E-state index contributed by atoms with van der Waals surface area (Å²) < 4.78 is 0. The second-order valence-corrected chi connectivity index (χ2v) is 6.49. The topological polar surface area (TPSA) is 24.4 Å². The summed E-state index contributed by atoms with van der Waals surface area (Å²) >= 11 is 3.79. The Labute approximate surface area is 102 Å². The van der Waals surface area contributed by atoms with Gasteiger partial charge in [0.2, 0.25) is 0 Å². The van der Waals surface area contributed by atoms with E-state index in [9.17, 15) is 0 Å². The lowest BCUT2D eigenvalue weighted by Gasteiger charge is -2.26. The molecule has 0 aliphatic carbocycles. The molecule has 1 N–H and O–H groups in total. The van der Waals surface area contributed by atoms with Crippen molar-refractivity contribution in [2.45, 2.75) is 50.9 Å². The summed E-state index contributed by atoms with van der Waals surface area (Å²) in [4.78, 5) is 4.66. The van der Waals surface area contributed by atoms with Gasteiger partial charge in [0.25, 0.3) is 0 Å². The molecular weight excluding hydrogens is 224 g/mol. The molecule has 0 fully saturated rings. The van der Waals surface area contributed by atoms with Crippen LogP contribution in [0, 0.1) is 0 Å². The Bertz CT molecular complexity index is 219. The van der Waals surface area contributed by atoms with Gasteiger partial charge in [-0.05, 0) is 26.0 Å². The molecule has 1 rings (SSSR count). The van der Waals surface area contributed by atoms with E-state index in [1.54, 1.807) is 0 Å². The molecule has 1 heterocycles. The highest BCUT2D eigenvalue weighted by atomic mass is 32.2. The van der Waals surface area contributed by atoms with Gasteiger partial charge < -0.3 is 5.32 Å². The standard InChI is InChI=1S/C11H22N2S2/c1-5-10(7-14-4)13-11-12-8(2)6-9(3)15-11/h8-10H,5-7H2,1-4H3,(H,12,13). The van der Waals surface area contributed by atoms with E-state index < -0.39 is 0 Å². The molecule has 1 aliphatic rings. The van der Waals surface area contributed by atoms with Crippen molar-refractivity contribution in [2.75, 3.05) is 12.0 Å². The molecule has 0 saturated heterocycles. The average Bonchev–Trinajstić information content (AvgIpc) is 2.15. The van der Waals surface area contributed by atoms with Crippen LogP contribution >= 0.6 is 23.5 Å². The fraction of sp³-hybridized carbons (Fsp3) is 0.909. The molecule has 3 unspecified atom stereocenters. The van der Waals surface area contributed by atoms with Crippen LogP contribution in [0.5, 0.6) is 0 Å². The van der Waals surface area contributed by atoms with E-state index >= 15 is 0 Å². The van der Waals surface area contributed by atoms with Crippen molar-refractivity contribution >= 4 is 28.7 Å². The Balaban J connectivity index is 2.48. The minimum Gasteiger partial charge on any atom is -0.361 e. The maximum absolute atomic E-state index is 4.66. The van der Waals surface area contributed by atoms with Gasteiger partial charge in [0.15, 0.2) is 5.17 Å². The van der Waals surface area contributed by atoms with Crippen LogP contribution in [0.4, 0.5) is 0 Å². The number of hydrogen-bond acceptors (Lipinski definition) is 4. The zero-order valence-corrected chi connectivity index (χ0v) is 11.8. The third-order valence-corrected chi connectivity index (χ3v) is 4.29. The normalized spacial score (nSPS) is 28.4. The zero-order valence-electron chi connectivity index (χ0n) is 10.1. The minimum absolute atomic E-state index is 0.482. The highest BCUT2D eigenvalue weighted by molar-refractivity contribution is 8.14. The van der Waals surface area contributed by atoms with Gasteiger partial charge in [0, 0.05) is 17.0 Å². The lowest BCUT2D eigenvalue weighted by atomic mass is 10.2. The molecule has 0 radical (unpaired) electrons. The van der Waals surface area contributed by atoms with Crippen molar-refractivity contribution in [3.05, 3.63) is 0 Å². The van der Waals surface area contributed by atoms with Gasteiger partial charge in [-0.1, -0.05) is 25.6 Å². The lowest BCUT2D eigenvalue weighted by Crippen LogP contribution is -2.37. The van der Waals surface area contributed by atoms with Gasteiger partial charge in [0.05, 0.1) is 6.04 Å². The smallest absolute Gasteiger partial charge is 0.157 e. The Morgan fingerprint density at radius 2 is 2.33 bits per heavy atom. The van der Waals surface area contributed by atoms with E-state index in [0.29, 0.717) is 17.3 Å². The molecule has 1 aliphatic heterocycles. The lowest BCUT2D eigenvalue weighted by molar-refractivity contribution is 0.626. The van der Waals surface area contributed by atoms with Crippen molar-refractivity contribution in [3.8, 4) is 0 Å². The largest absolute Gasteiger partial charge is 0.361 e. The van der Waals surface area contributed by atoms with E-state index in [4.69, 9.17) is 0 Å². The van der Waals surface area contributed by atoms with Gasteiger partial charge in [-0.2, -0.15) is 11.8 Å². The van der Waals surface area contributed by atoms with E-state index in [1.165, 1.54) is 18.6 Å². The molecule has 0 bridgehead atoms. The summed E-state index contributed by atoms with van der Waals surface area (Å²) in [6, 6.07) is 1.05. The van der Waals surface area contributed by atoms with Crippen molar-refractivity contribution in [3.63, 3.8) is 0 Å². The van der Waals surface area contributed by atoms with Gasteiger partial charge in [-0.3, -0.25) is 4.99 Å². The van der Waals surface area contributed by atoms with E-state index in [1.807, 2.05) is 23.5 Å². The molecular formula is C11H22N2S2. The SMILES string of the molecule is CCC(CSC)NC1=NC(C)CC(C)S1. The summed E-state index contributed by atoms with van der Waals surface area (Å²) in [7, 11) is 0. The average molecular weight is 246 g/mol. The Morgan fingerprint density at radius 1 is 1.60 bits per heavy atom. The number of aliphatic imine (C=N–C) groups is 1. The predicted molar refractivity (Wildman–Crippen MR) is 74.2 cm³/mol. The van der Waals surface area contributed by atoms with E-state index in [2.05, 4.69) is 37.3 Å². The predicted octanol–water partition coefficient (Wildman–Crippen LogP) is 2.99. The highest BCUT2D eigenvalue weighted by Gasteiger charge is 2.19. The van der Waals surface area contributed by atoms with Gasteiger partial charge in [-0.25, -0.2) is 0 Å². The van der Waals surface area contributed by atoms with Crippen LogP contribution in [0.1, 0.15) is 33.6 Å². The van der Waals surface area contributed by atoms with Crippen molar-refractivity contribution in [2.24, 2.45) is 4.99 Å². The maximum atomic E-state index is 4.66. The minimum atomic E-state index is 0.482. The first-order valence-corrected chi connectivity index (χ1v) is 7.93. The Morgan fingerprint density at radius 3 is 2.87 bits per heavy atom. The van der Waals surface area contributed by atoms with Crippen LogP contribution < -0.4 is 5.32 Å². The summed E-state index contributed by atoms with van der Waals surface area (Å²) in [6.07, 6.45) is 4.53. The molecule has 2 nitrogen and oxygen atoms in total. The quantitative estimate of drug-likeness (QED) is 0.825. The fourth-order valence-corrected chi connectivity index (χ4v) is 3.66. The van der Waals surface area contributed by atoms with Crippen LogP contribution in [-0.2, 0) is 0 Å². The Kier molecular flexibility index (Phi) is 5.90. The monoisotopic (exact) mass is 246 g/mol. The number of nitrogens with one attached hydrogen (secondary N) is 1. The van der Waals surface area contributed by atoms with Crippen LogP contribution in [-0.4, -0.2) is 34.5 Å². The van der Waals surface area contributed by atoms with Gasteiger partial charge >= 0.3 is 0 Å². The van der Waals surface area contributed by atoms with Crippen LogP contribution in [0.3, 0.4) is 0 Å². The van der Waals surface area contributed by atoms with Crippen LogP contribution in [0.15, 0.2) is 4.99 Å². The van der Waals surface area contributed by atoms with Gasteiger partial charge in [0.1, 0.15) is 0 Å². The Hall–Kier alpha value is 0.170. The van der Waals surface area contributed by atoms with Crippen molar-refractivity contribution in [1.82, 2.24) is 5.32 Å². The molecule has 0 saturated carbocycles. The summed E-state index contributed by atoms with van der Waals surface area (Å²) in [6.45, 7) is 6.72. The number of rotatable bonds is 4. The molecule has 0 aromatic heterocycles. The first-order chi connectivity index (χ1) is 7.15. The number of thioether (sulfide) groups is 2. The molecule has 0 aromatic rings. The van der Waals surface area contributed by atoms with E-state index in [0.717, 1.165) is 5.17 Å².